The molecule has 3 heterocycles. The minimum absolute atomic E-state index is 0.180. The molecule has 0 saturated heterocycles. The van der Waals surface area contributed by atoms with Crippen molar-refractivity contribution in [2.45, 2.75) is 76.4 Å². The van der Waals surface area contributed by atoms with Crippen LogP contribution in [-0.2, 0) is 47.1 Å². The Hall–Kier alpha value is -2.94. The molecule has 36 heavy (non-hydrogen) atoms. The van der Waals surface area contributed by atoms with Crippen molar-refractivity contribution in [1.29, 1.82) is 0 Å². The van der Waals surface area contributed by atoms with E-state index in [1.54, 1.807) is 0 Å². The van der Waals surface area contributed by atoms with Gasteiger partial charge in [0, 0.05) is 50.3 Å². The third-order valence-electron chi connectivity index (χ3n) is 8.05. The Morgan fingerprint density at radius 2 is 2.14 bits per heavy atom. The molecule has 1 unspecified atom stereocenters. The van der Waals surface area contributed by atoms with E-state index in [0.717, 1.165) is 62.3 Å². The number of carbonyl (C=O) groups excluding carboxylic acids is 1. The van der Waals surface area contributed by atoms with Gasteiger partial charge < -0.3 is 20.5 Å². The largest absolute Gasteiger partial charge is 0.480 e. The zero-order chi connectivity index (χ0) is 25.1. The third-order valence-corrected chi connectivity index (χ3v) is 8.05. The van der Waals surface area contributed by atoms with Crippen LogP contribution < -0.4 is 10.6 Å². The number of carboxylic acids is 1. The van der Waals surface area contributed by atoms with Gasteiger partial charge in [-0.05, 0) is 74.5 Å². The first-order valence-corrected chi connectivity index (χ1v) is 13.3. The predicted octanol–water partition coefficient (Wildman–Crippen LogP) is 2.67. The van der Waals surface area contributed by atoms with E-state index < -0.39 is 12.0 Å². The smallest absolute Gasteiger partial charge is 0.326 e. The molecule has 2 aliphatic carbocycles. The van der Waals surface area contributed by atoms with Crippen LogP contribution in [0.15, 0.2) is 18.3 Å². The quantitative estimate of drug-likeness (QED) is 0.464. The molecule has 1 aliphatic heterocycles. The minimum Gasteiger partial charge on any atom is -0.480 e. The molecule has 2 atom stereocenters. The average Bonchev–Trinajstić information content (AvgIpc) is 3.23. The Balaban J connectivity index is 1.00. The molecule has 2 aromatic heterocycles. The molecular weight excluding hydrogens is 458 g/mol. The topological polar surface area (TPSA) is 118 Å². The Morgan fingerprint density at radius 3 is 2.97 bits per heavy atom. The first kappa shape index (κ1) is 24.7. The molecule has 5 rings (SSSR count). The molecule has 0 radical (unpaired) electrons. The Labute approximate surface area is 212 Å². The number of rotatable bonds is 10. The highest BCUT2D eigenvalue weighted by Gasteiger charge is 2.32. The fourth-order valence-corrected chi connectivity index (χ4v) is 5.68. The second-order valence-corrected chi connectivity index (χ2v) is 10.6. The molecular formula is C27H37N5O4. The van der Waals surface area contributed by atoms with E-state index in [0.29, 0.717) is 25.4 Å². The number of aromatic nitrogens is 3. The van der Waals surface area contributed by atoms with Gasteiger partial charge in [0.05, 0.1) is 12.3 Å². The van der Waals surface area contributed by atoms with Crippen LogP contribution in [0.1, 0.15) is 61.0 Å². The van der Waals surface area contributed by atoms with Crippen LogP contribution in [0.4, 0.5) is 5.82 Å². The second kappa shape index (κ2) is 11.0. The number of carboxylic acid groups (broad SMARTS) is 1. The number of pyridine rings is 1. The Kier molecular flexibility index (Phi) is 7.55. The number of amides is 1. The Bertz CT molecular complexity index is 1090. The number of carbonyl (C=O) groups is 2. The van der Waals surface area contributed by atoms with Crippen molar-refractivity contribution >= 4 is 17.7 Å². The zero-order valence-corrected chi connectivity index (χ0v) is 21.0. The lowest BCUT2D eigenvalue weighted by Crippen LogP contribution is -2.45. The predicted molar refractivity (Wildman–Crippen MR) is 135 cm³/mol. The van der Waals surface area contributed by atoms with E-state index in [1.165, 1.54) is 17.5 Å². The number of ether oxygens (including phenoxy) is 1. The van der Waals surface area contributed by atoms with E-state index in [9.17, 15) is 14.7 Å². The van der Waals surface area contributed by atoms with Gasteiger partial charge in [0.25, 0.3) is 0 Å². The van der Waals surface area contributed by atoms with Gasteiger partial charge in [0.15, 0.2) is 0 Å². The molecule has 1 amide bonds. The zero-order valence-electron chi connectivity index (χ0n) is 21.0. The van der Waals surface area contributed by atoms with Crippen molar-refractivity contribution in [3.8, 4) is 0 Å². The molecule has 9 heteroatoms. The lowest BCUT2D eigenvalue weighted by Gasteiger charge is -2.35. The van der Waals surface area contributed by atoms with Crippen LogP contribution in [0.3, 0.4) is 0 Å². The first-order valence-electron chi connectivity index (χ1n) is 13.3. The van der Waals surface area contributed by atoms with Crippen molar-refractivity contribution in [2.24, 2.45) is 18.9 Å². The molecule has 0 spiro atoms. The van der Waals surface area contributed by atoms with Crippen LogP contribution in [0.5, 0.6) is 0 Å². The van der Waals surface area contributed by atoms with E-state index in [-0.39, 0.29) is 24.3 Å². The third kappa shape index (κ3) is 5.72. The highest BCUT2D eigenvalue weighted by atomic mass is 16.5. The summed E-state index contributed by atoms with van der Waals surface area (Å²) < 4.78 is 7.75. The number of nitrogens with zero attached hydrogens (tertiary/aromatic N) is 3. The average molecular weight is 496 g/mol. The molecule has 194 valence electrons. The minimum atomic E-state index is -1.01. The number of nitrogens with one attached hydrogen (secondary N) is 2. The Morgan fingerprint density at radius 1 is 1.28 bits per heavy atom. The maximum absolute atomic E-state index is 12.8. The molecule has 3 N–H and O–H groups in total. The monoisotopic (exact) mass is 495 g/mol. The summed E-state index contributed by atoms with van der Waals surface area (Å²) in [5, 5.41) is 20.0. The van der Waals surface area contributed by atoms with Crippen molar-refractivity contribution in [2.75, 3.05) is 18.5 Å². The summed E-state index contributed by atoms with van der Waals surface area (Å²) >= 11 is 0. The number of hydrogen-bond acceptors (Lipinski definition) is 6. The molecule has 1 fully saturated rings. The lowest BCUT2D eigenvalue weighted by molar-refractivity contribution is -0.143. The number of hydrogen-bond donors (Lipinski definition) is 3. The van der Waals surface area contributed by atoms with Crippen LogP contribution in [0.25, 0.3) is 0 Å². The van der Waals surface area contributed by atoms with Crippen LogP contribution in [-0.4, -0.2) is 57.0 Å². The summed E-state index contributed by atoms with van der Waals surface area (Å²) in [6.45, 7) is 1.34. The van der Waals surface area contributed by atoms with Gasteiger partial charge >= 0.3 is 5.97 Å². The number of aliphatic carboxylic acids is 1. The second-order valence-electron chi connectivity index (χ2n) is 10.6. The van der Waals surface area contributed by atoms with Crippen LogP contribution in [0, 0.1) is 11.8 Å². The van der Waals surface area contributed by atoms with Gasteiger partial charge in [-0.3, -0.25) is 9.48 Å². The molecule has 9 nitrogen and oxygen atoms in total. The lowest BCUT2D eigenvalue weighted by atomic mass is 9.79. The van der Waals surface area contributed by atoms with Crippen molar-refractivity contribution in [3.05, 3.63) is 40.8 Å². The van der Waals surface area contributed by atoms with Gasteiger partial charge in [-0.25, -0.2) is 9.78 Å². The fourth-order valence-electron chi connectivity index (χ4n) is 5.68. The summed E-state index contributed by atoms with van der Waals surface area (Å²) in [4.78, 5) is 29.3. The normalized spacial score (nSPS) is 23.5. The van der Waals surface area contributed by atoms with Gasteiger partial charge in [0.2, 0.25) is 5.91 Å². The van der Waals surface area contributed by atoms with Crippen LogP contribution in [0.2, 0.25) is 0 Å². The summed E-state index contributed by atoms with van der Waals surface area (Å²) in [5.74, 6) is 0.257. The van der Waals surface area contributed by atoms with E-state index in [1.807, 2.05) is 17.9 Å². The van der Waals surface area contributed by atoms with E-state index in [2.05, 4.69) is 27.9 Å². The molecule has 0 aromatic carbocycles. The van der Waals surface area contributed by atoms with Gasteiger partial charge in [-0.2, -0.15) is 5.10 Å². The number of anilines is 1. The standard InChI is InChI=1S/C27H37N5O4/c1-32-24-15-19(5-6-20(24)16-29-32)26(33)31-23(27(34)35)10-12-36-22-13-17(14-22)4-8-21-9-7-18-3-2-11-28-25(18)30-21/h7,9,16-17,19,22-23H,2-6,8,10-15H2,1H3,(H,28,30)(H,31,33)(H,34,35)/t17?,19-,22?,23?/m0/s1. The van der Waals surface area contributed by atoms with Gasteiger partial charge in [-0.15, -0.1) is 0 Å². The van der Waals surface area contributed by atoms with Crippen LogP contribution >= 0.6 is 0 Å². The molecule has 3 aliphatic rings. The maximum Gasteiger partial charge on any atom is 0.326 e. The van der Waals surface area contributed by atoms with Crippen molar-refractivity contribution in [3.63, 3.8) is 0 Å². The van der Waals surface area contributed by atoms with Crippen molar-refractivity contribution in [1.82, 2.24) is 20.1 Å². The van der Waals surface area contributed by atoms with E-state index >= 15 is 0 Å². The highest BCUT2D eigenvalue weighted by molar-refractivity contribution is 5.85. The number of fused-ring (bicyclic) bond motifs is 2. The van der Waals surface area contributed by atoms with Gasteiger partial charge in [0.1, 0.15) is 11.9 Å². The molecule has 0 bridgehead atoms. The first-order chi connectivity index (χ1) is 17.5. The highest BCUT2D eigenvalue weighted by Crippen LogP contribution is 2.34. The van der Waals surface area contributed by atoms with E-state index in [4.69, 9.17) is 9.72 Å². The fraction of sp³-hybridized carbons (Fsp3) is 0.630. The number of aryl methyl sites for hydroxylation is 4. The summed E-state index contributed by atoms with van der Waals surface area (Å²) in [6, 6.07) is 3.44. The molecule has 2 aromatic rings. The SMILES string of the molecule is Cn1ncc2c1C[C@@H](C(=O)NC(CCOC1CC(CCc3ccc4c(n3)NCCC4)C1)C(=O)O)CC2. The summed E-state index contributed by atoms with van der Waals surface area (Å²) in [7, 11) is 1.88. The summed E-state index contributed by atoms with van der Waals surface area (Å²) in [5.41, 5.74) is 4.71. The van der Waals surface area contributed by atoms with Gasteiger partial charge in [-0.1, -0.05) is 6.07 Å². The maximum atomic E-state index is 12.8. The van der Waals surface area contributed by atoms with Crippen molar-refractivity contribution < 1.29 is 19.4 Å². The molecule has 1 saturated carbocycles. The summed E-state index contributed by atoms with van der Waals surface area (Å²) in [6.07, 6.45) is 10.8.